The zero-order valence-electron chi connectivity index (χ0n) is 32.5. The second-order valence-corrected chi connectivity index (χ2v) is 16.7. The summed E-state index contributed by atoms with van der Waals surface area (Å²) in [4.78, 5) is 10.2. The molecule has 3 nitrogen and oxygen atoms in total. The predicted octanol–water partition coefficient (Wildman–Crippen LogP) is 11.6. The molecule has 3 aliphatic rings. The summed E-state index contributed by atoms with van der Waals surface area (Å²) < 4.78 is 2.59. The molecule has 274 valence electrons. The molecule has 57 heavy (non-hydrogen) atoms. The molecular weight excluding hydrogens is 691 g/mol. The van der Waals surface area contributed by atoms with Crippen molar-refractivity contribution >= 4 is 33.8 Å². The van der Waals surface area contributed by atoms with E-state index in [1.165, 1.54) is 54.6 Å². The summed E-state index contributed by atoms with van der Waals surface area (Å²) >= 11 is 0. The normalized spacial score (nSPS) is 20.1. The smallest absolute Gasteiger partial charge is 0.160 e. The minimum atomic E-state index is -0.0996. The number of para-hydroxylation sites is 1. The van der Waals surface area contributed by atoms with Crippen molar-refractivity contribution in [2.75, 3.05) is 0 Å². The average molecular weight is 734 g/mol. The van der Waals surface area contributed by atoms with Gasteiger partial charge in [-0.2, -0.15) is 0 Å². The van der Waals surface area contributed by atoms with Crippen LogP contribution in [-0.2, 0) is 10.8 Å². The highest BCUT2D eigenvalue weighted by atomic mass is 15.0. The Morgan fingerprint density at radius 1 is 0.614 bits per heavy atom. The molecule has 11 rings (SSSR count). The molecule has 2 aromatic heterocycles. The topological polar surface area (TPSA) is 30.7 Å². The van der Waals surface area contributed by atoms with Crippen LogP contribution in [0.25, 0.3) is 73.4 Å². The van der Waals surface area contributed by atoms with E-state index in [4.69, 9.17) is 9.97 Å². The van der Waals surface area contributed by atoms with Gasteiger partial charge in [-0.05, 0) is 63.4 Å². The molecule has 3 aliphatic carbocycles. The van der Waals surface area contributed by atoms with Gasteiger partial charge < -0.3 is 4.57 Å². The van der Waals surface area contributed by atoms with Crippen molar-refractivity contribution in [3.63, 3.8) is 0 Å². The third-order valence-electron chi connectivity index (χ3n) is 13.1. The molecule has 3 heteroatoms. The van der Waals surface area contributed by atoms with E-state index in [-0.39, 0.29) is 16.7 Å². The first-order valence-corrected chi connectivity index (χ1v) is 20.2. The molecule has 0 spiro atoms. The minimum Gasteiger partial charge on any atom is -0.309 e. The number of allylic oxidation sites excluding steroid dienone is 4. The maximum Gasteiger partial charge on any atom is 0.160 e. The van der Waals surface area contributed by atoms with Crippen LogP contribution in [0.15, 0.2) is 170 Å². The highest BCUT2D eigenvalue weighted by Gasteiger charge is 2.54. The van der Waals surface area contributed by atoms with E-state index in [2.05, 4.69) is 195 Å². The lowest BCUT2D eigenvalue weighted by atomic mass is 9.67. The van der Waals surface area contributed by atoms with Gasteiger partial charge in [-0.15, -0.1) is 0 Å². The van der Waals surface area contributed by atoms with Crippen LogP contribution in [0.4, 0.5) is 0 Å². The minimum absolute atomic E-state index is 0.0867. The Morgan fingerprint density at radius 2 is 1.23 bits per heavy atom. The van der Waals surface area contributed by atoms with Crippen LogP contribution in [0.2, 0.25) is 0 Å². The number of aromatic nitrogens is 3. The van der Waals surface area contributed by atoms with Gasteiger partial charge in [0, 0.05) is 49.7 Å². The van der Waals surface area contributed by atoms with Gasteiger partial charge in [0.1, 0.15) is 0 Å². The largest absolute Gasteiger partial charge is 0.309 e. The molecule has 0 saturated heterocycles. The third kappa shape index (κ3) is 5.11. The second kappa shape index (κ2) is 12.7. The first-order valence-electron chi connectivity index (χ1n) is 20.2. The summed E-state index contributed by atoms with van der Waals surface area (Å²) in [6, 6.07) is 52.1. The van der Waals surface area contributed by atoms with Gasteiger partial charge in [0.2, 0.25) is 0 Å². The number of hydrogen-bond donors (Lipinski definition) is 0. The predicted molar refractivity (Wildman–Crippen MR) is 237 cm³/mol. The molecule has 6 aromatic carbocycles. The summed E-state index contributed by atoms with van der Waals surface area (Å²) in [6.45, 7) is 7.41. The van der Waals surface area contributed by atoms with E-state index in [9.17, 15) is 0 Å². The Kier molecular flexibility index (Phi) is 7.53. The van der Waals surface area contributed by atoms with E-state index in [0.29, 0.717) is 5.92 Å². The zero-order chi connectivity index (χ0) is 38.3. The SMILES string of the molecule is CC1(C)c2c(c3ccccc3c3c4c(n(-c5ccccc5)c23)=CCC(c2ccc(-c3nc(-c5ccccc5)cc(-c5ccccc5)n3)cc2)C=4)C2(C)C=CC=CC12. The molecule has 0 bridgehead atoms. The molecule has 0 saturated carbocycles. The van der Waals surface area contributed by atoms with Crippen LogP contribution in [0, 0.1) is 5.92 Å². The molecule has 0 radical (unpaired) electrons. The molecule has 0 amide bonds. The van der Waals surface area contributed by atoms with Crippen molar-refractivity contribution in [2.45, 2.75) is 43.9 Å². The third-order valence-corrected chi connectivity index (χ3v) is 13.1. The lowest BCUT2D eigenvalue weighted by Crippen LogP contribution is -2.34. The summed E-state index contributed by atoms with van der Waals surface area (Å²) in [6.07, 6.45) is 15.4. The van der Waals surface area contributed by atoms with Gasteiger partial charge in [-0.25, -0.2) is 9.97 Å². The number of fused-ring (bicyclic) bond motifs is 10. The fourth-order valence-electron chi connectivity index (χ4n) is 10.5. The highest BCUT2D eigenvalue weighted by molar-refractivity contribution is 6.12. The quantitative estimate of drug-likeness (QED) is 0.176. The van der Waals surface area contributed by atoms with Gasteiger partial charge in [-0.3, -0.25) is 0 Å². The van der Waals surface area contributed by atoms with Gasteiger partial charge in [0.15, 0.2) is 5.82 Å². The van der Waals surface area contributed by atoms with E-state index >= 15 is 0 Å². The van der Waals surface area contributed by atoms with Crippen LogP contribution in [-0.4, -0.2) is 14.5 Å². The van der Waals surface area contributed by atoms with Gasteiger partial charge in [0.25, 0.3) is 0 Å². The summed E-state index contributed by atoms with van der Waals surface area (Å²) in [5.74, 6) is 1.32. The zero-order valence-corrected chi connectivity index (χ0v) is 32.5. The van der Waals surface area contributed by atoms with Gasteiger partial charge in [-0.1, -0.05) is 185 Å². The molecule has 0 aliphatic heterocycles. The highest BCUT2D eigenvalue weighted by Crippen LogP contribution is 2.60. The lowest BCUT2D eigenvalue weighted by Gasteiger charge is -2.36. The van der Waals surface area contributed by atoms with Gasteiger partial charge >= 0.3 is 0 Å². The average Bonchev–Trinajstić information content (AvgIpc) is 3.70. The number of nitrogens with zero attached hydrogens (tertiary/aromatic N) is 3. The number of rotatable bonds is 5. The van der Waals surface area contributed by atoms with Crippen molar-refractivity contribution in [2.24, 2.45) is 5.92 Å². The summed E-state index contributed by atoms with van der Waals surface area (Å²) in [7, 11) is 0. The first-order chi connectivity index (χ1) is 27.9. The van der Waals surface area contributed by atoms with Gasteiger partial charge in [0.05, 0.1) is 16.9 Å². The number of hydrogen-bond acceptors (Lipinski definition) is 2. The van der Waals surface area contributed by atoms with Crippen molar-refractivity contribution in [1.29, 1.82) is 0 Å². The van der Waals surface area contributed by atoms with E-state index < -0.39 is 0 Å². The Balaban J connectivity index is 1.10. The van der Waals surface area contributed by atoms with Crippen molar-refractivity contribution in [3.8, 4) is 39.6 Å². The molecule has 3 unspecified atom stereocenters. The maximum atomic E-state index is 5.10. The van der Waals surface area contributed by atoms with Crippen molar-refractivity contribution < 1.29 is 0 Å². The fraction of sp³-hybridized carbons (Fsp3) is 0.148. The molecule has 8 aromatic rings. The Morgan fingerprint density at radius 3 is 1.89 bits per heavy atom. The standard InChI is InChI=1S/C54H43N3/c1-53(2)47-25-15-16-32-54(47,3)49-42-24-14-13-23-41(42)48-43-33-39(30-31-46(43)57(51(48)50(49)53)40-21-11-6-12-22-40)35-26-28-38(29-27-35)52-55-44(36-17-7-4-8-18-36)34-45(56-52)37-19-9-5-10-20-37/h4-29,31-34,39,47H,30H2,1-3H3. The molecule has 0 N–H and O–H groups in total. The molecular formula is C54H43N3. The second-order valence-electron chi connectivity index (χ2n) is 16.7. The molecule has 3 atom stereocenters. The van der Waals surface area contributed by atoms with Crippen molar-refractivity contribution in [1.82, 2.24) is 14.5 Å². The molecule has 2 heterocycles. The van der Waals surface area contributed by atoms with E-state index in [0.717, 1.165) is 40.3 Å². The van der Waals surface area contributed by atoms with E-state index in [1.54, 1.807) is 0 Å². The van der Waals surface area contributed by atoms with Crippen LogP contribution in [0.5, 0.6) is 0 Å². The van der Waals surface area contributed by atoms with E-state index in [1.807, 2.05) is 12.1 Å². The van der Waals surface area contributed by atoms with Crippen LogP contribution >= 0.6 is 0 Å². The molecule has 0 fully saturated rings. The summed E-state index contributed by atoms with van der Waals surface area (Å²) in [5.41, 5.74) is 11.6. The Labute approximate surface area is 333 Å². The van der Waals surface area contributed by atoms with Crippen LogP contribution in [0.1, 0.15) is 49.8 Å². The summed E-state index contributed by atoms with van der Waals surface area (Å²) in [5, 5.41) is 6.70. The number of benzene rings is 6. The maximum absolute atomic E-state index is 5.10. The monoisotopic (exact) mass is 733 g/mol. The van der Waals surface area contributed by atoms with Crippen LogP contribution in [0.3, 0.4) is 0 Å². The Hall–Kier alpha value is -6.58. The lowest BCUT2D eigenvalue weighted by molar-refractivity contribution is 0.325. The first kappa shape index (κ1) is 33.7. The van der Waals surface area contributed by atoms with Crippen molar-refractivity contribution in [3.05, 3.63) is 197 Å². The Bertz CT molecular complexity index is 3000. The fourth-order valence-corrected chi connectivity index (χ4v) is 10.5. The van der Waals surface area contributed by atoms with Crippen LogP contribution < -0.4 is 10.6 Å².